The molecule has 1 unspecified atom stereocenters. The number of hydrogen-bond donors (Lipinski definition) is 0. The molecule has 1 aromatic carbocycles. The third kappa shape index (κ3) is 5.61. The highest BCUT2D eigenvalue weighted by atomic mass is 16.5. The Morgan fingerprint density at radius 1 is 1.32 bits per heavy atom. The lowest BCUT2D eigenvalue weighted by atomic mass is 10.1. The summed E-state index contributed by atoms with van der Waals surface area (Å²) >= 11 is 0. The Kier molecular flexibility index (Phi) is 7.49. The summed E-state index contributed by atoms with van der Waals surface area (Å²) in [6.45, 7) is 6.77. The molecule has 0 N–H and O–H groups in total. The van der Waals surface area contributed by atoms with Gasteiger partial charge in [-0.1, -0.05) is 25.1 Å². The van der Waals surface area contributed by atoms with Gasteiger partial charge in [-0.05, 0) is 29.5 Å². The largest absolute Gasteiger partial charge is 0.469 e. The molecule has 2 aromatic rings. The summed E-state index contributed by atoms with van der Waals surface area (Å²) < 4.78 is 12.0. The number of carbonyl (C=O) groups excluding carboxylic acids is 1. The first-order valence-corrected chi connectivity index (χ1v) is 8.36. The predicted octanol–water partition coefficient (Wildman–Crippen LogP) is 1.31. The van der Waals surface area contributed by atoms with Crippen LogP contribution in [0.1, 0.15) is 19.7 Å². The van der Waals surface area contributed by atoms with Crippen molar-refractivity contribution in [2.45, 2.75) is 20.4 Å². The summed E-state index contributed by atoms with van der Waals surface area (Å²) in [7, 11) is 1.40. The minimum atomic E-state index is -0.243. The van der Waals surface area contributed by atoms with E-state index in [-0.39, 0.29) is 11.9 Å². The molecule has 2 rings (SSSR count). The van der Waals surface area contributed by atoms with E-state index in [1.54, 1.807) is 4.68 Å². The maximum Gasteiger partial charge on any atom is 0.309 e. The van der Waals surface area contributed by atoms with Crippen LogP contribution in [0, 0.1) is 5.92 Å². The van der Waals surface area contributed by atoms with Crippen molar-refractivity contribution in [1.82, 2.24) is 25.1 Å². The van der Waals surface area contributed by atoms with Crippen molar-refractivity contribution in [3.63, 3.8) is 0 Å². The Morgan fingerprint density at radius 2 is 2.08 bits per heavy atom. The lowest BCUT2D eigenvalue weighted by Gasteiger charge is -2.24. The van der Waals surface area contributed by atoms with Crippen molar-refractivity contribution in [2.75, 3.05) is 33.4 Å². The fourth-order valence-electron chi connectivity index (χ4n) is 2.51. The SMILES string of the molecule is CCOCCN(Cc1nnnn1-c1ccccc1)CC(C)C(=O)OC. The number of aromatic nitrogens is 4. The van der Waals surface area contributed by atoms with Crippen molar-refractivity contribution in [3.8, 4) is 5.69 Å². The molecule has 0 saturated carbocycles. The van der Waals surface area contributed by atoms with E-state index in [2.05, 4.69) is 20.4 Å². The molecule has 8 nitrogen and oxygen atoms in total. The van der Waals surface area contributed by atoms with Gasteiger partial charge in [0.05, 0.1) is 31.9 Å². The van der Waals surface area contributed by atoms with Crippen LogP contribution in [-0.4, -0.2) is 64.5 Å². The number of benzene rings is 1. The molecular weight excluding hydrogens is 322 g/mol. The maximum atomic E-state index is 11.7. The molecule has 0 saturated heterocycles. The van der Waals surface area contributed by atoms with Crippen LogP contribution >= 0.6 is 0 Å². The minimum absolute atomic E-state index is 0.232. The number of tetrazole rings is 1. The first-order valence-electron chi connectivity index (χ1n) is 8.36. The Balaban J connectivity index is 2.10. The number of esters is 1. The van der Waals surface area contributed by atoms with Crippen molar-refractivity contribution >= 4 is 5.97 Å². The van der Waals surface area contributed by atoms with Crippen LogP contribution in [0.4, 0.5) is 0 Å². The van der Waals surface area contributed by atoms with Crippen LogP contribution < -0.4 is 0 Å². The van der Waals surface area contributed by atoms with Gasteiger partial charge >= 0.3 is 5.97 Å². The topological polar surface area (TPSA) is 82.4 Å². The number of ether oxygens (including phenoxy) is 2. The predicted molar refractivity (Wildman–Crippen MR) is 92.1 cm³/mol. The monoisotopic (exact) mass is 347 g/mol. The summed E-state index contributed by atoms with van der Waals surface area (Å²) in [5.41, 5.74) is 0.897. The zero-order chi connectivity index (χ0) is 18.1. The highest BCUT2D eigenvalue weighted by Gasteiger charge is 2.20. The molecule has 8 heteroatoms. The molecule has 0 aliphatic heterocycles. The van der Waals surface area contributed by atoms with Gasteiger partial charge in [-0.25, -0.2) is 0 Å². The standard InChI is InChI=1S/C17H25N5O3/c1-4-25-11-10-21(12-14(2)17(23)24-3)13-16-18-19-20-22(16)15-8-6-5-7-9-15/h5-9,14H,4,10-13H2,1-3H3. The van der Waals surface area contributed by atoms with Gasteiger partial charge in [0.1, 0.15) is 0 Å². The maximum absolute atomic E-state index is 11.7. The molecule has 0 amide bonds. The molecule has 0 fully saturated rings. The fourth-order valence-corrected chi connectivity index (χ4v) is 2.51. The van der Waals surface area contributed by atoms with Crippen LogP contribution in [0.15, 0.2) is 30.3 Å². The van der Waals surface area contributed by atoms with Crippen molar-refractivity contribution in [1.29, 1.82) is 0 Å². The van der Waals surface area contributed by atoms with E-state index in [9.17, 15) is 4.79 Å². The minimum Gasteiger partial charge on any atom is -0.469 e. The molecule has 0 bridgehead atoms. The van der Waals surface area contributed by atoms with E-state index in [0.29, 0.717) is 38.7 Å². The number of nitrogens with zero attached hydrogens (tertiary/aromatic N) is 5. The molecule has 136 valence electrons. The Bertz CT molecular complexity index is 647. The third-order valence-corrected chi connectivity index (χ3v) is 3.79. The average Bonchev–Trinajstić information content (AvgIpc) is 3.09. The van der Waals surface area contributed by atoms with Gasteiger partial charge in [0.15, 0.2) is 5.82 Å². The van der Waals surface area contributed by atoms with Crippen LogP contribution in [0.3, 0.4) is 0 Å². The number of hydrogen-bond acceptors (Lipinski definition) is 7. The van der Waals surface area contributed by atoms with E-state index >= 15 is 0 Å². The molecule has 0 spiro atoms. The highest BCUT2D eigenvalue weighted by Crippen LogP contribution is 2.11. The van der Waals surface area contributed by atoms with Gasteiger partial charge in [-0.2, -0.15) is 4.68 Å². The van der Waals surface area contributed by atoms with Gasteiger partial charge in [0, 0.05) is 19.7 Å². The first-order chi connectivity index (χ1) is 12.2. The smallest absolute Gasteiger partial charge is 0.309 e. The zero-order valence-corrected chi connectivity index (χ0v) is 15.0. The average molecular weight is 347 g/mol. The lowest BCUT2D eigenvalue weighted by Crippen LogP contribution is -2.35. The summed E-state index contributed by atoms with van der Waals surface area (Å²) in [4.78, 5) is 13.8. The second-order valence-corrected chi connectivity index (χ2v) is 5.70. The van der Waals surface area contributed by atoms with Crippen LogP contribution in [0.25, 0.3) is 5.69 Å². The summed E-state index contributed by atoms with van der Waals surface area (Å²) in [6, 6.07) is 9.71. The first kappa shape index (κ1) is 19.0. The van der Waals surface area contributed by atoms with Crippen molar-refractivity contribution in [2.24, 2.45) is 5.92 Å². The Labute approximate surface area is 147 Å². The third-order valence-electron chi connectivity index (χ3n) is 3.79. The Hall–Kier alpha value is -2.32. The number of para-hydroxylation sites is 1. The summed E-state index contributed by atoms with van der Waals surface area (Å²) in [6.07, 6.45) is 0. The molecule has 0 aliphatic rings. The van der Waals surface area contributed by atoms with E-state index in [1.165, 1.54) is 7.11 Å². The molecule has 1 atom stereocenters. The molecule has 25 heavy (non-hydrogen) atoms. The van der Waals surface area contributed by atoms with E-state index < -0.39 is 0 Å². The fraction of sp³-hybridized carbons (Fsp3) is 0.529. The second-order valence-electron chi connectivity index (χ2n) is 5.70. The molecule has 1 aromatic heterocycles. The lowest BCUT2D eigenvalue weighted by molar-refractivity contribution is -0.145. The molecular formula is C17H25N5O3. The number of carbonyl (C=O) groups is 1. The molecule has 1 heterocycles. The zero-order valence-electron chi connectivity index (χ0n) is 15.0. The van der Waals surface area contributed by atoms with Gasteiger partial charge in [0.25, 0.3) is 0 Å². The number of methoxy groups -OCH3 is 1. The van der Waals surface area contributed by atoms with Crippen LogP contribution in [0.5, 0.6) is 0 Å². The highest BCUT2D eigenvalue weighted by molar-refractivity contribution is 5.72. The van der Waals surface area contributed by atoms with Crippen LogP contribution in [0.2, 0.25) is 0 Å². The van der Waals surface area contributed by atoms with Crippen molar-refractivity contribution < 1.29 is 14.3 Å². The molecule has 0 radical (unpaired) electrons. The van der Waals surface area contributed by atoms with Crippen molar-refractivity contribution in [3.05, 3.63) is 36.2 Å². The van der Waals surface area contributed by atoms with Gasteiger partial charge < -0.3 is 9.47 Å². The quantitative estimate of drug-likeness (QED) is 0.473. The van der Waals surface area contributed by atoms with Gasteiger partial charge in [-0.3, -0.25) is 9.69 Å². The Morgan fingerprint density at radius 3 is 2.76 bits per heavy atom. The number of rotatable bonds is 10. The van der Waals surface area contributed by atoms with E-state index in [4.69, 9.17) is 9.47 Å². The summed E-state index contributed by atoms with van der Waals surface area (Å²) in [5.74, 6) is 0.233. The second kappa shape index (κ2) is 9.85. The summed E-state index contributed by atoms with van der Waals surface area (Å²) in [5, 5.41) is 12.0. The normalized spacial score (nSPS) is 12.3. The van der Waals surface area contributed by atoms with Crippen LogP contribution in [-0.2, 0) is 20.8 Å². The van der Waals surface area contributed by atoms with E-state index in [1.807, 2.05) is 44.2 Å². The molecule has 0 aliphatic carbocycles. The van der Waals surface area contributed by atoms with Gasteiger partial charge in [0.2, 0.25) is 0 Å². The van der Waals surface area contributed by atoms with Gasteiger partial charge in [-0.15, -0.1) is 5.10 Å². The van der Waals surface area contributed by atoms with E-state index in [0.717, 1.165) is 5.69 Å².